The van der Waals surface area contributed by atoms with E-state index in [-0.39, 0.29) is 34.6 Å². The van der Waals surface area contributed by atoms with Gasteiger partial charge in [-0.15, -0.1) is 0 Å². The predicted molar refractivity (Wildman–Crippen MR) is 111 cm³/mol. The SMILES string of the molecule is C[C@@H]1C[C@@H](O)[C@]2(C)[C@@H](C)C(=O)CC[C@@]2(C)[C@@H]1COc1ccc2ccc(=O)oc2c1. The van der Waals surface area contributed by atoms with Crippen molar-refractivity contribution in [2.24, 2.45) is 28.6 Å². The standard InChI is InChI=1S/C24H30O5/c1-14-11-21(26)24(4)15(2)19(25)9-10-23(24,3)18(14)13-28-17-7-5-16-6-8-22(27)29-20(16)12-17/h5-8,12,14-15,18,21,26H,9-11,13H2,1-4H3/t14-,15+,18-,21-,23+,24+/m1/s1. The fourth-order valence-corrected chi connectivity index (χ4v) is 6.01. The van der Waals surface area contributed by atoms with Crippen LogP contribution in [0.3, 0.4) is 0 Å². The molecule has 5 heteroatoms. The van der Waals surface area contributed by atoms with E-state index in [0.717, 1.165) is 11.8 Å². The van der Waals surface area contributed by atoms with Crippen LogP contribution in [-0.2, 0) is 4.79 Å². The minimum absolute atomic E-state index is 0.166. The zero-order valence-corrected chi connectivity index (χ0v) is 17.6. The Morgan fingerprint density at radius 2 is 1.90 bits per heavy atom. The number of rotatable bonds is 3. The van der Waals surface area contributed by atoms with Gasteiger partial charge in [0.05, 0.1) is 12.7 Å². The van der Waals surface area contributed by atoms with E-state index in [2.05, 4.69) is 20.8 Å². The number of carbonyl (C=O) groups excluding carboxylic acids is 1. The Kier molecular flexibility index (Phi) is 4.85. The third kappa shape index (κ3) is 3.02. The molecular formula is C24H30O5. The van der Waals surface area contributed by atoms with Crippen molar-refractivity contribution in [1.29, 1.82) is 0 Å². The highest BCUT2D eigenvalue weighted by molar-refractivity contribution is 5.83. The van der Waals surface area contributed by atoms with Gasteiger partial charge in [-0.05, 0) is 42.4 Å². The Morgan fingerprint density at radius 3 is 2.66 bits per heavy atom. The van der Waals surface area contributed by atoms with Gasteiger partial charge in [0.2, 0.25) is 0 Å². The molecule has 0 saturated heterocycles. The van der Waals surface area contributed by atoms with Crippen LogP contribution < -0.4 is 10.4 Å². The molecule has 1 aromatic heterocycles. The molecule has 2 aliphatic rings. The monoisotopic (exact) mass is 398 g/mol. The molecule has 0 bridgehead atoms. The van der Waals surface area contributed by atoms with Crippen LogP contribution in [0, 0.1) is 28.6 Å². The topological polar surface area (TPSA) is 76.7 Å². The van der Waals surface area contributed by atoms with Crippen molar-refractivity contribution in [2.45, 2.75) is 53.1 Å². The second-order valence-electron chi connectivity index (χ2n) is 9.49. The van der Waals surface area contributed by atoms with E-state index in [9.17, 15) is 14.7 Å². The van der Waals surface area contributed by atoms with Gasteiger partial charge in [-0.2, -0.15) is 0 Å². The van der Waals surface area contributed by atoms with Crippen molar-refractivity contribution in [3.05, 3.63) is 40.8 Å². The molecule has 2 aromatic rings. The number of aliphatic hydroxyl groups is 1. The summed E-state index contributed by atoms with van der Waals surface area (Å²) in [6.07, 6.45) is 1.51. The first kappa shape index (κ1) is 20.1. The summed E-state index contributed by atoms with van der Waals surface area (Å²) in [6, 6.07) is 8.68. The molecule has 0 amide bonds. The van der Waals surface area contributed by atoms with Gasteiger partial charge in [0, 0.05) is 41.2 Å². The fourth-order valence-electron chi connectivity index (χ4n) is 6.01. The van der Waals surface area contributed by atoms with Crippen LogP contribution in [0.25, 0.3) is 11.0 Å². The van der Waals surface area contributed by atoms with Crippen molar-refractivity contribution in [3.63, 3.8) is 0 Å². The molecule has 29 heavy (non-hydrogen) atoms. The van der Waals surface area contributed by atoms with Crippen LogP contribution in [0.4, 0.5) is 0 Å². The van der Waals surface area contributed by atoms with Crippen LogP contribution in [0.2, 0.25) is 0 Å². The van der Waals surface area contributed by atoms with Crippen molar-refractivity contribution in [1.82, 2.24) is 0 Å². The van der Waals surface area contributed by atoms with E-state index < -0.39 is 11.5 Å². The minimum Gasteiger partial charge on any atom is -0.493 e. The van der Waals surface area contributed by atoms with Crippen molar-refractivity contribution < 1.29 is 19.1 Å². The molecule has 1 N–H and O–H groups in total. The Hall–Kier alpha value is -2.14. The lowest BCUT2D eigenvalue weighted by Gasteiger charge is -2.63. The smallest absolute Gasteiger partial charge is 0.336 e. The fraction of sp³-hybridized carbons (Fsp3) is 0.583. The van der Waals surface area contributed by atoms with Gasteiger partial charge in [-0.25, -0.2) is 4.79 Å². The highest BCUT2D eigenvalue weighted by Crippen LogP contribution is 2.63. The minimum atomic E-state index is -0.493. The lowest BCUT2D eigenvalue weighted by atomic mass is 9.42. The average molecular weight is 398 g/mol. The summed E-state index contributed by atoms with van der Waals surface area (Å²) in [5.41, 5.74) is -0.524. The van der Waals surface area contributed by atoms with Crippen molar-refractivity contribution in [3.8, 4) is 5.75 Å². The first-order valence-corrected chi connectivity index (χ1v) is 10.5. The molecule has 4 rings (SSSR count). The molecule has 2 saturated carbocycles. The molecule has 6 atom stereocenters. The number of ether oxygens (including phenoxy) is 1. The normalized spacial score (nSPS) is 37.3. The maximum Gasteiger partial charge on any atom is 0.336 e. The highest BCUT2D eigenvalue weighted by Gasteiger charge is 2.63. The summed E-state index contributed by atoms with van der Waals surface area (Å²) >= 11 is 0. The molecule has 0 unspecified atom stereocenters. The Labute approximate surface area is 171 Å². The maximum absolute atomic E-state index is 12.5. The molecule has 2 fully saturated rings. The van der Waals surface area contributed by atoms with Crippen LogP contribution in [0.1, 0.15) is 47.0 Å². The van der Waals surface area contributed by atoms with Crippen LogP contribution in [0.5, 0.6) is 5.75 Å². The van der Waals surface area contributed by atoms with Gasteiger partial charge in [0.15, 0.2) is 0 Å². The van der Waals surface area contributed by atoms with E-state index in [0.29, 0.717) is 30.8 Å². The number of carbonyl (C=O) groups is 1. The summed E-state index contributed by atoms with van der Waals surface area (Å²) in [5, 5.41) is 11.9. The van der Waals surface area contributed by atoms with Gasteiger partial charge >= 0.3 is 5.63 Å². The number of aliphatic hydroxyl groups excluding tert-OH is 1. The molecule has 156 valence electrons. The molecule has 0 spiro atoms. The Morgan fingerprint density at radius 1 is 1.17 bits per heavy atom. The van der Waals surface area contributed by atoms with Gasteiger partial charge in [0.25, 0.3) is 0 Å². The molecule has 1 aromatic carbocycles. The van der Waals surface area contributed by atoms with Crippen LogP contribution in [-0.4, -0.2) is 23.6 Å². The van der Waals surface area contributed by atoms with Crippen molar-refractivity contribution in [2.75, 3.05) is 6.61 Å². The number of benzene rings is 1. The third-order valence-corrected chi connectivity index (χ3v) is 8.32. The number of fused-ring (bicyclic) bond motifs is 2. The van der Waals surface area contributed by atoms with E-state index in [4.69, 9.17) is 9.15 Å². The number of hydrogen-bond donors (Lipinski definition) is 1. The van der Waals surface area contributed by atoms with E-state index in [1.54, 1.807) is 12.1 Å². The predicted octanol–water partition coefficient (Wildman–Crippen LogP) is 4.20. The molecule has 1 heterocycles. The first-order chi connectivity index (χ1) is 13.7. The van der Waals surface area contributed by atoms with Gasteiger partial charge in [-0.3, -0.25) is 4.79 Å². The Bertz CT molecular complexity index is 994. The number of ketones is 1. The van der Waals surface area contributed by atoms with Crippen LogP contribution >= 0.6 is 0 Å². The first-order valence-electron chi connectivity index (χ1n) is 10.5. The summed E-state index contributed by atoms with van der Waals surface area (Å²) in [7, 11) is 0. The summed E-state index contributed by atoms with van der Waals surface area (Å²) in [5.74, 6) is 1.24. The lowest BCUT2D eigenvalue weighted by molar-refractivity contribution is -0.200. The molecule has 2 aliphatic carbocycles. The van der Waals surface area contributed by atoms with Crippen molar-refractivity contribution >= 4 is 16.8 Å². The molecule has 0 aliphatic heterocycles. The molecule has 5 nitrogen and oxygen atoms in total. The highest BCUT2D eigenvalue weighted by atomic mass is 16.5. The third-order valence-electron chi connectivity index (χ3n) is 8.32. The maximum atomic E-state index is 12.5. The zero-order chi connectivity index (χ0) is 21.0. The largest absolute Gasteiger partial charge is 0.493 e. The van der Waals surface area contributed by atoms with Crippen LogP contribution in [0.15, 0.2) is 39.5 Å². The van der Waals surface area contributed by atoms with Gasteiger partial charge < -0.3 is 14.3 Å². The van der Waals surface area contributed by atoms with E-state index in [1.165, 1.54) is 6.07 Å². The van der Waals surface area contributed by atoms with Gasteiger partial charge in [0.1, 0.15) is 17.1 Å². The zero-order valence-electron chi connectivity index (χ0n) is 17.6. The number of hydrogen-bond acceptors (Lipinski definition) is 5. The molecule has 0 radical (unpaired) electrons. The van der Waals surface area contributed by atoms with E-state index >= 15 is 0 Å². The average Bonchev–Trinajstić information content (AvgIpc) is 2.68. The molecular weight excluding hydrogens is 368 g/mol. The lowest BCUT2D eigenvalue weighted by Crippen LogP contribution is -2.64. The van der Waals surface area contributed by atoms with E-state index in [1.807, 2.05) is 19.1 Å². The quantitative estimate of drug-likeness (QED) is 0.784. The summed E-state index contributed by atoms with van der Waals surface area (Å²) in [4.78, 5) is 24.0. The van der Waals surface area contributed by atoms with Gasteiger partial charge in [-0.1, -0.05) is 27.7 Å². The summed E-state index contributed by atoms with van der Waals surface area (Å²) in [6.45, 7) is 8.96. The number of Topliss-reactive ketones (excluding diaryl/α,β-unsaturated/α-hetero) is 1. The second-order valence-corrected chi connectivity index (χ2v) is 9.49. The summed E-state index contributed by atoms with van der Waals surface area (Å²) < 4.78 is 11.5. The Balaban J connectivity index is 1.62. The second kappa shape index (κ2) is 6.98.